The highest BCUT2D eigenvalue weighted by molar-refractivity contribution is 7.90. The lowest BCUT2D eigenvalue weighted by Crippen LogP contribution is -2.05. The van der Waals surface area contributed by atoms with Crippen LogP contribution in [0.4, 0.5) is 0 Å². The summed E-state index contributed by atoms with van der Waals surface area (Å²) in [5.74, 6) is 0.855. The molecule has 0 amide bonds. The molecule has 0 saturated carbocycles. The number of rotatable bonds is 5. The third-order valence-electron chi connectivity index (χ3n) is 3.41. The Bertz CT molecular complexity index is 928. The van der Waals surface area contributed by atoms with Crippen LogP contribution in [0.15, 0.2) is 42.5 Å². The van der Waals surface area contributed by atoms with Crippen LogP contribution in [-0.2, 0) is 16.3 Å². The van der Waals surface area contributed by atoms with Crippen LogP contribution in [0.1, 0.15) is 11.1 Å². The van der Waals surface area contributed by atoms with Gasteiger partial charge in [-0.25, -0.2) is 13.4 Å². The number of fused-ring (bicyclic) bond motifs is 1. The fourth-order valence-electron chi connectivity index (χ4n) is 2.18. The van der Waals surface area contributed by atoms with Gasteiger partial charge in [0, 0.05) is 6.26 Å². The van der Waals surface area contributed by atoms with Crippen LogP contribution in [-0.4, -0.2) is 25.4 Å². The Morgan fingerprint density at radius 2 is 1.87 bits per heavy atom. The van der Waals surface area contributed by atoms with Crippen molar-refractivity contribution in [2.75, 3.05) is 12.0 Å². The summed E-state index contributed by atoms with van der Waals surface area (Å²) in [5, 5.41) is 0.606. The van der Waals surface area contributed by atoms with Crippen molar-refractivity contribution in [2.24, 2.45) is 0 Å². The Hall–Kier alpha value is -1.92. The lowest BCUT2D eigenvalue weighted by molar-refractivity contribution is 0.480. The van der Waals surface area contributed by atoms with Gasteiger partial charge in [-0.1, -0.05) is 29.5 Å². The van der Waals surface area contributed by atoms with Crippen molar-refractivity contribution in [3.63, 3.8) is 0 Å². The summed E-state index contributed by atoms with van der Waals surface area (Å²) in [7, 11) is -2.94. The maximum absolute atomic E-state index is 11.2. The number of thiazole rings is 1. The van der Waals surface area contributed by atoms with Crippen LogP contribution in [0.25, 0.3) is 10.2 Å². The lowest BCUT2D eigenvalue weighted by Gasteiger charge is -2.03. The predicted octanol–water partition coefficient (Wildman–Crippen LogP) is 3.98. The maximum atomic E-state index is 11.2. The van der Waals surface area contributed by atoms with Crippen molar-refractivity contribution in [1.82, 2.24) is 4.98 Å². The molecule has 1 heterocycles. The average Bonchev–Trinajstić information content (AvgIpc) is 2.87. The van der Waals surface area contributed by atoms with Gasteiger partial charge in [0.2, 0.25) is 0 Å². The molecule has 23 heavy (non-hydrogen) atoms. The topological polar surface area (TPSA) is 56.3 Å². The first-order chi connectivity index (χ1) is 10.9. The molecule has 0 unspecified atom stereocenters. The van der Waals surface area contributed by atoms with E-state index < -0.39 is 9.84 Å². The number of hydrogen-bond donors (Lipinski definition) is 0. The van der Waals surface area contributed by atoms with Gasteiger partial charge in [-0.3, -0.25) is 0 Å². The summed E-state index contributed by atoms with van der Waals surface area (Å²) in [6.45, 7) is 2.05. The number of benzene rings is 2. The van der Waals surface area contributed by atoms with Crippen molar-refractivity contribution in [2.45, 2.75) is 13.3 Å². The van der Waals surface area contributed by atoms with Crippen LogP contribution < -0.4 is 4.74 Å². The van der Waals surface area contributed by atoms with Crippen LogP contribution in [0.2, 0.25) is 0 Å². The molecule has 0 spiro atoms. The zero-order valence-electron chi connectivity index (χ0n) is 12.9. The van der Waals surface area contributed by atoms with Crippen LogP contribution in [0.5, 0.6) is 10.9 Å². The van der Waals surface area contributed by atoms with Gasteiger partial charge in [-0.2, -0.15) is 0 Å². The minimum absolute atomic E-state index is 0.157. The van der Waals surface area contributed by atoms with Crippen LogP contribution in [0.3, 0.4) is 0 Å². The highest BCUT2D eigenvalue weighted by Crippen LogP contribution is 2.31. The van der Waals surface area contributed by atoms with E-state index in [9.17, 15) is 8.42 Å². The smallest absolute Gasteiger partial charge is 0.279 e. The Labute approximate surface area is 139 Å². The fourth-order valence-corrected chi connectivity index (χ4v) is 3.72. The largest absolute Gasteiger partial charge is 0.431 e. The molecule has 0 fully saturated rings. The number of sulfone groups is 1. The van der Waals surface area contributed by atoms with Crippen molar-refractivity contribution in [1.29, 1.82) is 0 Å². The zero-order valence-corrected chi connectivity index (χ0v) is 14.6. The molecule has 2 aromatic carbocycles. The predicted molar refractivity (Wildman–Crippen MR) is 94.3 cm³/mol. The molecule has 0 bridgehead atoms. The first-order valence-electron chi connectivity index (χ1n) is 7.21. The van der Waals surface area contributed by atoms with E-state index in [1.165, 1.54) is 23.2 Å². The lowest BCUT2D eigenvalue weighted by atomic mass is 10.2. The SMILES string of the molecule is Cc1ccc2nc(Oc3ccc(CCS(C)(=O)=O)cc3)sc2c1. The number of ether oxygens (including phenoxy) is 1. The van der Waals surface area contributed by atoms with Crippen LogP contribution >= 0.6 is 11.3 Å². The van der Waals surface area contributed by atoms with Gasteiger partial charge in [-0.15, -0.1) is 0 Å². The minimum Gasteiger partial charge on any atom is -0.431 e. The molecular weight excluding hydrogens is 330 g/mol. The van der Waals surface area contributed by atoms with E-state index in [2.05, 4.69) is 18.0 Å². The molecule has 6 heteroatoms. The van der Waals surface area contributed by atoms with Gasteiger partial charge in [0.1, 0.15) is 15.6 Å². The normalized spacial score (nSPS) is 11.7. The van der Waals surface area contributed by atoms with Crippen molar-refractivity contribution in [3.8, 4) is 10.9 Å². The summed E-state index contributed by atoms with van der Waals surface area (Å²) in [6.07, 6.45) is 1.76. The molecule has 0 aliphatic heterocycles. The van der Waals surface area contributed by atoms with Gasteiger partial charge < -0.3 is 4.74 Å². The number of aromatic nitrogens is 1. The molecular formula is C17H17NO3S2. The van der Waals surface area contributed by atoms with Crippen LogP contribution in [0, 0.1) is 6.92 Å². The fraction of sp³-hybridized carbons (Fsp3) is 0.235. The molecule has 0 aliphatic carbocycles. The molecule has 0 atom stereocenters. The Balaban J connectivity index is 1.71. The van der Waals surface area contributed by atoms with Gasteiger partial charge in [0.25, 0.3) is 5.19 Å². The van der Waals surface area contributed by atoms with Crippen molar-refractivity contribution < 1.29 is 13.2 Å². The third kappa shape index (κ3) is 4.30. The summed E-state index contributed by atoms with van der Waals surface area (Å²) in [6, 6.07) is 13.6. The molecule has 0 saturated heterocycles. The van der Waals surface area contributed by atoms with Gasteiger partial charge in [-0.05, 0) is 48.7 Å². The summed E-state index contributed by atoms with van der Waals surface area (Å²) >= 11 is 1.51. The molecule has 120 valence electrons. The Morgan fingerprint density at radius 1 is 1.13 bits per heavy atom. The molecule has 0 radical (unpaired) electrons. The first kappa shape index (κ1) is 16.0. The Morgan fingerprint density at radius 3 is 2.57 bits per heavy atom. The van der Waals surface area contributed by atoms with E-state index in [1.807, 2.05) is 36.4 Å². The second kappa shape index (κ2) is 6.29. The second-order valence-corrected chi connectivity index (χ2v) is 8.83. The first-order valence-corrected chi connectivity index (χ1v) is 10.1. The molecule has 3 aromatic rings. The highest BCUT2D eigenvalue weighted by Gasteiger charge is 2.07. The molecule has 0 N–H and O–H groups in total. The maximum Gasteiger partial charge on any atom is 0.279 e. The van der Waals surface area contributed by atoms with Gasteiger partial charge >= 0.3 is 0 Å². The third-order valence-corrected chi connectivity index (χ3v) is 5.26. The Kier molecular flexibility index (Phi) is 4.37. The average molecular weight is 347 g/mol. The number of nitrogens with zero attached hydrogens (tertiary/aromatic N) is 1. The van der Waals surface area contributed by atoms with E-state index >= 15 is 0 Å². The summed E-state index contributed by atoms with van der Waals surface area (Å²) in [4.78, 5) is 4.46. The second-order valence-electron chi connectivity index (χ2n) is 5.58. The van der Waals surface area contributed by atoms with E-state index in [0.29, 0.717) is 17.4 Å². The quantitative estimate of drug-likeness (QED) is 0.700. The monoisotopic (exact) mass is 347 g/mol. The van der Waals surface area contributed by atoms with E-state index in [-0.39, 0.29) is 5.75 Å². The zero-order chi connectivity index (χ0) is 16.4. The van der Waals surface area contributed by atoms with E-state index in [0.717, 1.165) is 15.8 Å². The minimum atomic E-state index is -2.94. The summed E-state index contributed by atoms with van der Waals surface area (Å²) in [5.41, 5.74) is 3.10. The molecule has 4 nitrogen and oxygen atoms in total. The van der Waals surface area contributed by atoms with E-state index in [1.54, 1.807) is 0 Å². The standard InChI is InChI=1S/C17H17NO3S2/c1-12-3-8-15-16(11-12)22-17(18-15)21-14-6-4-13(5-7-14)9-10-23(2,19)20/h3-8,11H,9-10H2,1-2H3. The highest BCUT2D eigenvalue weighted by atomic mass is 32.2. The number of aryl methyl sites for hydroxylation is 2. The summed E-state index contributed by atoms with van der Waals surface area (Å²) < 4.78 is 29.3. The van der Waals surface area contributed by atoms with Crippen molar-refractivity contribution in [3.05, 3.63) is 53.6 Å². The molecule has 0 aliphatic rings. The van der Waals surface area contributed by atoms with E-state index in [4.69, 9.17) is 4.74 Å². The van der Waals surface area contributed by atoms with Crippen molar-refractivity contribution >= 4 is 31.4 Å². The molecule has 1 aromatic heterocycles. The van der Waals surface area contributed by atoms with Gasteiger partial charge in [0.15, 0.2) is 0 Å². The van der Waals surface area contributed by atoms with Gasteiger partial charge in [0.05, 0.1) is 16.0 Å². The number of hydrogen-bond acceptors (Lipinski definition) is 5. The molecule has 3 rings (SSSR count).